The van der Waals surface area contributed by atoms with Crippen molar-refractivity contribution in [3.63, 3.8) is 0 Å². The third-order valence-electron chi connectivity index (χ3n) is 1.62. The van der Waals surface area contributed by atoms with E-state index in [9.17, 15) is 0 Å². The molecule has 0 aliphatic heterocycles. The minimum absolute atomic E-state index is 0.548. The topological polar surface area (TPSA) is 21.7 Å². The van der Waals surface area contributed by atoms with Gasteiger partial charge in [-0.2, -0.15) is 9.05 Å². The lowest BCUT2D eigenvalue weighted by Gasteiger charge is -2.23. The third kappa shape index (κ3) is 2.76. The molecule has 0 amide bonds. The van der Waals surface area contributed by atoms with E-state index in [1.54, 1.807) is 14.2 Å². The van der Waals surface area contributed by atoms with Crippen LogP contribution in [0.25, 0.3) is 0 Å². The maximum Gasteiger partial charge on any atom is 0.345 e. The molecule has 0 aromatic carbocycles. The van der Waals surface area contributed by atoms with Crippen LogP contribution in [0.1, 0.15) is 0 Å². The van der Waals surface area contributed by atoms with Gasteiger partial charge in [-0.1, -0.05) is 5.92 Å². The van der Waals surface area contributed by atoms with Crippen molar-refractivity contribution in [1.29, 1.82) is 0 Å². The van der Waals surface area contributed by atoms with Crippen molar-refractivity contribution >= 4 is 7.87 Å². The van der Waals surface area contributed by atoms with Gasteiger partial charge in [0.25, 0.3) is 0 Å². The van der Waals surface area contributed by atoms with Crippen molar-refractivity contribution in [2.45, 2.75) is 0 Å². The zero-order valence-corrected chi connectivity index (χ0v) is 8.39. The number of hydrogen-bond donors (Lipinski definition) is 0. The highest BCUT2D eigenvalue weighted by atomic mass is 31.2. The Bertz CT molecular complexity index is 151. The Morgan fingerprint density at radius 1 is 1.45 bits per heavy atom. The van der Waals surface area contributed by atoms with Crippen molar-refractivity contribution in [2.24, 2.45) is 0 Å². The SMILES string of the molecule is C#CCN(C)[P+](C)(OC)OC. The highest BCUT2D eigenvalue weighted by molar-refractivity contribution is 7.63. The molecule has 0 fully saturated rings. The lowest BCUT2D eigenvalue weighted by Crippen LogP contribution is -2.21. The molecule has 0 rings (SSSR count). The molecule has 0 saturated heterocycles. The monoisotopic (exact) mass is 176 g/mol. The molecule has 0 N–H and O–H groups in total. The molecule has 0 aromatic rings. The molecule has 0 radical (unpaired) electrons. The Morgan fingerprint density at radius 3 is 2.18 bits per heavy atom. The molecule has 0 atom stereocenters. The molecule has 0 heterocycles. The summed E-state index contributed by atoms with van der Waals surface area (Å²) in [6.45, 7) is 2.47. The Morgan fingerprint density at radius 2 is 1.91 bits per heavy atom. The van der Waals surface area contributed by atoms with Crippen LogP contribution in [0.2, 0.25) is 0 Å². The molecular formula is C7H15NO2P+. The molecule has 64 valence electrons. The van der Waals surface area contributed by atoms with Crippen LogP contribution in [0.4, 0.5) is 0 Å². The minimum atomic E-state index is -1.85. The first-order valence-corrected chi connectivity index (χ1v) is 5.26. The van der Waals surface area contributed by atoms with E-state index in [2.05, 4.69) is 5.92 Å². The second-order valence-electron chi connectivity index (χ2n) is 2.19. The van der Waals surface area contributed by atoms with Crippen LogP contribution in [0.3, 0.4) is 0 Å². The summed E-state index contributed by atoms with van der Waals surface area (Å²) in [5, 5.41) is 0. The van der Waals surface area contributed by atoms with E-state index < -0.39 is 7.87 Å². The highest BCUT2D eigenvalue weighted by Crippen LogP contribution is 2.58. The Hall–Kier alpha value is -0.130. The number of hydrogen-bond acceptors (Lipinski definition) is 3. The fourth-order valence-electron chi connectivity index (χ4n) is 0.614. The summed E-state index contributed by atoms with van der Waals surface area (Å²) in [6.07, 6.45) is 5.15. The first-order chi connectivity index (χ1) is 5.10. The molecule has 0 saturated carbocycles. The lowest BCUT2D eigenvalue weighted by molar-refractivity contribution is 0.270. The summed E-state index contributed by atoms with van der Waals surface area (Å²) in [6, 6.07) is 0. The molecule has 0 aliphatic rings. The van der Waals surface area contributed by atoms with Gasteiger partial charge in [-0.3, -0.25) is 0 Å². The maximum atomic E-state index is 5.22. The molecular weight excluding hydrogens is 161 g/mol. The van der Waals surface area contributed by atoms with Crippen LogP contribution in [0.5, 0.6) is 0 Å². The molecule has 0 aromatic heterocycles. The van der Waals surface area contributed by atoms with Crippen LogP contribution in [-0.4, -0.2) is 39.1 Å². The van der Waals surface area contributed by atoms with Gasteiger partial charge >= 0.3 is 7.87 Å². The van der Waals surface area contributed by atoms with Crippen molar-refractivity contribution in [3.05, 3.63) is 0 Å². The summed E-state index contributed by atoms with van der Waals surface area (Å²) in [7, 11) is 3.30. The fourth-order valence-corrected chi connectivity index (χ4v) is 1.66. The summed E-state index contributed by atoms with van der Waals surface area (Å²) < 4.78 is 12.4. The lowest BCUT2D eigenvalue weighted by atomic mass is 10.7. The molecule has 4 heteroatoms. The average Bonchev–Trinajstić information content (AvgIpc) is 2.03. The van der Waals surface area contributed by atoms with Crippen LogP contribution in [0, 0.1) is 12.3 Å². The van der Waals surface area contributed by atoms with Crippen LogP contribution in [-0.2, 0) is 9.05 Å². The van der Waals surface area contributed by atoms with Gasteiger partial charge in [0.1, 0.15) is 6.66 Å². The van der Waals surface area contributed by atoms with Gasteiger partial charge in [0.05, 0.1) is 20.8 Å². The minimum Gasteiger partial charge on any atom is -0.191 e. The summed E-state index contributed by atoms with van der Waals surface area (Å²) in [5.74, 6) is 2.54. The van der Waals surface area contributed by atoms with Gasteiger partial charge in [-0.15, -0.1) is 11.1 Å². The van der Waals surface area contributed by atoms with E-state index >= 15 is 0 Å². The van der Waals surface area contributed by atoms with Crippen LogP contribution in [0.15, 0.2) is 0 Å². The van der Waals surface area contributed by atoms with E-state index in [4.69, 9.17) is 15.5 Å². The highest BCUT2D eigenvalue weighted by Gasteiger charge is 2.38. The molecule has 0 spiro atoms. The van der Waals surface area contributed by atoms with Crippen molar-refractivity contribution < 1.29 is 9.05 Å². The van der Waals surface area contributed by atoms with Gasteiger partial charge in [0.2, 0.25) is 0 Å². The van der Waals surface area contributed by atoms with Gasteiger partial charge in [-0.05, 0) is 0 Å². The third-order valence-corrected chi connectivity index (χ3v) is 4.35. The largest absolute Gasteiger partial charge is 0.345 e. The number of rotatable bonds is 4. The molecule has 3 nitrogen and oxygen atoms in total. The molecule has 11 heavy (non-hydrogen) atoms. The van der Waals surface area contributed by atoms with E-state index in [0.717, 1.165) is 0 Å². The van der Waals surface area contributed by atoms with E-state index in [1.807, 2.05) is 18.4 Å². The number of nitrogens with zero attached hydrogens (tertiary/aromatic N) is 1. The summed E-state index contributed by atoms with van der Waals surface area (Å²) in [5.41, 5.74) is 0. The second kappa shape index (κ2) is 4.69. The van der Waals surface area contributed by atoms with Crippen molar-refractivity contribution in [3.8, 4) is 12.3 Å². The normalized spacial score (nSPS) is 11.6. The van der Waals surface area contributed by atoms with Gasteiger partial charge in [0.15, 0.2) is 0 Å². The van der Waals surface area contributed by atoms with Crippen molar-refractivity contribution in [2.75, 3.05) is 34.5 Å². The van der Waals surface area contributed by atoms with E-state index in [1.165, 1.54) is 0 Å². The average molecular weight is 176 g/mol. The summed E-state index contributed by atoms with van der Waals surface area (Å²) in [4.78, 5) is 0. The Labute approximate surface area is 69.2 Å². The van der Waals surface area contributed by atoms with Gasteiger partial charge < -0.3 is 0 Å². The molecule has 0 unspecified atom stereocenters. The first-order valence-electron chi connectivity index (χ1n) is 3.23. The Kier molecular flexibility index (Phi) is 4.63. The zero-order chi connectivity index (χ0) is 8.91. The number of terminal acetylenes is 1. The smallest absolute Gasteiger partial charge is 0.191 e. The second-order valence-corrected chi connectivity index (χ2v) is 5.21. The van der Waals surface area contributed by atoms with Gasteiger partial charge in [-0.25, -0.2) is 0 Å². The fraction of sp³-hybridized carbons (Fsp3) is 0.714. The van der Waals surface area contributed by atoms with Gasteiger partial charge in [0, 0.05) is 7.05 Å². The predicted octanol–water partition coefficient (Wildman–Crippen LogP) is 1.24. The van der Waals surface area contributed by atoms with Crippen molar-refractivity contribution in [1.82, 2.24) is 4.67 Å². The van der Waals surface area contributed by atoms with E-state index in [-0.39, 0.29) is 0 Å². The zero-order valence-electron chi connectivity index (χ0n) is 7.50. The van der Waals surface area contributed by atoms with E-state index in [0.29, 0.717) is 6.54 Å². The van der Waals surface area contributed by atoms with Crippen LogP contribution >= 0.6 is 7.87 Å². The summed E-state index contributed by atoms with van der Waals surface area (Å²) >= 11 is 0. The Balaban J connectivity index is 4.14. The first kappa shape index (κ1) is 10.9. The standard InChI is InChI=1S/C7H15NO2P/c1-6-7-8(2)11(5,9-3)10-4/h1H,7H2,2-5H3/q+1. The molecule has 0 bridgehead atoms. The molecule has 0 aliphatic carbocycles. The predicted molar refractivity (Wildman–Crippen MR) is 48.3 cm³/mol. The maximum absolute atomic E-state index is 5.22. The van der Waals surface area contributed by atoms with Crippen LogP contribution < -0.4 is 0 Å². The quantitative estimate of drug-likeness (QED) is 0.475.